The molecule has 0 N–H and O–H groups in total. The Morgan fingerprint density at radius 2 is 1.15 bits per heavy atom. The van der Waals surface area contributed by atoms with E-state index in [-0.39, 0.29) is 0 Å². The molecule has 0 radical (unpaired) electrons. The number of hydrogen-bond donors (Lipinski definition) is 0. The van der Waals surface area contributed by atoms with Gasteiger partial charge >= 0.3 is 7.07 Å². The van der Waals surface area contributed by atoms with Gasteiger partial charge in [0.2, 0.25) is 0 Å². The minimum atomic E-state index is -2.45. The zero-order valence-electron chi connectivity index (χ0n) is 12.0. The van der Waals surface area contributed by atoms with Gasteiger partial charge in [0.05, 0.1) is 0 Å². The maximum atomic E-state index is 6.54. The van der Waals surface area contributed by atoms with Crippen molar-refractivity contribution >= 4 is 18.3 Å². The van der Waals surface area contributed by atoms with Crippen LogP contribution in [0.1, 0.15) is 18.1 Å². The third-order valence-electron chi connectivity index (χ3n) is 2.90. The molecule has 0 spiro atoms. The van der Waals surface area contributed by atoms with Crippen LogP contribution in [-0.2, 0) is 0 Å². The van der Waals surface area contributed by atoms with Crippen LogP contribution >= 0.6 is 18.3 Å². The number of rotatable bonds is 5. The number of halogens is 1. The summed E-state index contributed by atoms with van der Waals surface area (Å²) in [5, 5.41) is 0. The summed E-state index contributed by atoms with van der Waals surface area (Å²) in [6.45, 7) is 6.05. The van der Waals surface area contributed by atoms with Crippen molar-refractivity contribution in [3.63, 3.8) is 0 Å². The first-order chi connectivity index (χ1) is 9.50. The van der Waals surface area contributed by atoms with Crippen LogP contribution in [0.25, 0.3) is 0 Å². The summed E-state index contributed by atoms with van der Waals surface area (Å²) in [7, 11) is -2.45. The van der Waals surface area contributed by atoms with E-state index in [4.69, 9.17) is 20.3 Å². The second-order valence-corrected chi connectivity index (χ2v) is 8.44. The van der Waals surface area contributed by atoms with Crippen LogP contribution in [0, 0.1) is 13.8 Å². The zero-order valence-corrected chi connectivity index (χ0v) is 13.6. The lowest BCUT2D eigenvalue weighted by Gasteiger charge is -2.16. The maximum absolute atomic E-state index is 6.54. The molecule has 0 atom stereocenters. The highest BCUT2D eigenvalue weighted by molar-refractivity contribution is 7.92. The molecule has 20 heavy (non-hydrogen) atoms. The van der Waals surface area contributed by atoms with Crippen molar-refractivity contribution in [1.82, 2.24) is 0 Å². The fraction of sp³-hybridized carbons (Fsp3) is 0.250. The highest BCUT2D eigenvalue weighted by Gasteiger charge is 2.42. The highest BCUT2D eigenvalue weighted by Crippen LogP contribution is 2.64. The Morgan fingerprint density at radius 3 is 1.45 bits per heavy atom. The summed E-state index contributed by atoms with van der Waals surface area (Å²) in [4.78, 5) is 0. The fourth-order valence-electron chi connectivity index (χ4n) is 1.66. The summed E-state index contributed by atoms with van der Waals surface area (Å²) in [6.07, 6.45) is 0.635. The number of aryl methyl sites for hydroxylation is 2. The van der Waals surface area contributed by atoms with E-state index in [2.05, 4.69) is 0 Å². The van der Waals surface area contributed by atoms with Crippen molar-refractivity contribution in [2.45, 2.75) is 20.8 Å². The van der Waals surface area contributed by atoms with Crippen LogP contribution in [0.3, 0.4) is 0 Å². The Balaban J connectivity index is 2.12. The molecular formula is C16H19ClO2P+. The second-order valence-electron chi connectivity index (χ2n) is 4.72. The lowest BCUT2D eigenvalue weighted by molar-refractivity contribution is 0.482. The minimum absolute atomic E-state index is 0.635. The number of benzene rings is 2. The van der Waals surface area contributed by atoms with Gasteiger partial charge in [-0.05, 0) is 45.0 Å². The molecule has 0 aliphatic carbocycles. The van der Waals surface area contributed by atoms with Crippen LogP contribution in [0.2, 0.25) is 0 Å². The zero-order chi connectivity index (χ0) is 14.6. The molecule has 0 aliphatic rings. The van der Waals surface area contributed by atoms with Crippen molar-refractivity contribution in [2.75, 3.05) is 6.16 Å². The smallest absolute Gasteiger partial charge is 0.291 e. The molecule has 0 amide bonds. The van der Waals surface area contributed by atoms with Crippen molar-refractivity contribution in [3.8, 4) is 11.5 Å². The molecule has 0 saturated heterocycles. The van der Waals surface area contributed by atoms with Gasteiger partial charge in [-0.3, -0.25) is 9.05 Å². The third kappa shape index (κ3) is 4.13. The van der Waals surface area contributed by atoms with E-state index >= 15 is 0 Å². The summed E-state index contributed by atoms with van der Waals surface area (Å²) in [5.41, 5.74) is 2.37. The number of hydrogen-bond acceptors (Lipinski definition) is 2. The van der Waals surface area contributed by atoms with E-state index in [1.807, 2.05) is 69.3 Å². The molecule has 2 aromatic rings. The standard InChI is InChI=1S/C16H19ClO2P/c1-4-20(17,18-15-9-5-13(2)6-10-15)19-16-11-7-14(3)8-12-16/h5-12H,4H2,1-3H3/q+1. The van der Waals surface area contributed by atoms with Gasteiger partial charge in [0.25, 0.3) is 0 Å². The van der Waals surface area contributed by atoms with Gasteiger partial charge < -0.3 is 0 Å². The molecule has 0 aromatic heterocycles. The topological polar surface area (TPSA) is 18.5 Å². The molecule has 0 fully saturated rings. The van der Waals surface area contributed by atoms with E-state index in [1.165, 1.54) is 11.1 Å². The molecule has 0 aliphatic heterocycles. The molecule has 0 heterocycles. The van der Waals surface area contributed by atoms with E-state index in [1.54, 1.807) is 0 Å². The van der Waals surface area contributed by atoms with Gasteiger partial charge in [0.15, 0.2) is 22.7 Å². The highest BCUT2D eigenvalue weighted by atomic mass is 35.7. The molecule has 0 bridgehead atoms. The largest absolute Gasteiger partial charge is 0.459 e. The van der Waals surface area contributed by atoms with Gasteiger partial charge in [-0.15, -0.1) is 0 Å². The first kappa shape index (κ1) is 15.2. The average Bonchev–Trinajstić information content (AvgIpc) is 2.44. The summed E-state index contributed by atoms with van der Waals surface area (Å²) in [5.74, 6) is 1.49. The molecule has 0 unspecified atom stereocenters. The van der Waals surface area contributed by atoms with Crippen molar-refractivity contribution < 1.29 is 9.05 Å². The molecule has 0 saturated carbocycles. The lowest BCUT2D eigenvalue weighted by Crippen LogP contribution is -2.05. The summed E-state index contributed by atoms with van der Waals surface area (Å²) >= 11 is 6.54. The van der Waals surface area contributed by atoms with Gasteiger partial charge in [-0.1, -0.05) is 35.4 Å². The normalized spacial score (nSPS) is 11.2. The molecule has 2 nitrogen and oxygen atoms in total. The SMILES string of the molecule is CC[P+](Cl)(Oc1ccc(C)cc1)Oc1ccc(C)cc1. The van der Waals surface area contributed by atoms with Crippen LogP contribution in [0.4, 0.5) is 0 Å². The van der Waals surface area contributed by atoms with Gasteiger partial charge in [0.1, 0.15) is 6.16 Å². The predicted octanol–water partition coefficient (Wildman–Crippen LogP) is 5.78. The average molecular weight is 310 g/mol. The Labute approximate surface area is 126 Å². The van der Waals surface area contributed by atoms with Crippen molar-refractivity contribution in [1.29, 1.82) is 0 Å². The fourth-order valence-corrected chi connectivity index (χ4v) is 3.31. The Hall–Kier alpha value is -1.24. The molecule has 106 valence electrons. The van der Waals surface area contributed by atoms with E-state index in [9.17, 15) is 0 Å². The van der Waals surface area contributed by atoms with Crippen LogP contribution < -0.4 is 9.05 Å². The molecule has 2 aromatic carbocycles. The van der Waals surface area contributed by atoms with E-state index in [0.717, 1.165) is 11.5 Å². The summed E-state index contributed by atoms with van der Waals surface area (Å²) in [6, 6.07) is 15.7. The molecule has 4 heteroatoms. The monoisotopic (exact) mass is 309 g/mol. The maximum Gasteiger partial charge on any atom is 0.459 e. The predicted molar refractivity (Wildman–Crippen MR) is 86.9 cm³/mol. The van der Waals surface area contributed by atoms with Gasteiger partial charge in [-0.25, -0.2) is 0 Å². The quantitative estimate of drug-likeness (QED) is 0.651. The summed E-state index contributed by atoms with van der Waals surface area (Å²) < 4.78 is 11.8. The van der Waals surface area contributed by atoms with E-state index < -0.39 is 7.07 Å². The molecular weight excluding hydrogens is 291 g/mol. The lowest BCUT2D eigenvalue weighted by atomic mass is 10.2. The minimum Gasteiger partial charge on any atom is -0.291 e. The van der Waals surface area contributed by atoms with Gasteiger partial charge in [-0.2, -0.15) is 0 Å². The van der Waals surface area contributed by atoms with Crippen LogP contribution in [-0.4, -0.2) is 6.16 Å². The second kappa shape index (κ2) is 6.47. The molecule has 2 rings (SSSR count). The Kier molecular flexibility index (Phi) is 4.91. The first-order valence-electron chi connectivity index (χ1n) is 6.61. The van der Waals surface area contributed by atoms with E-state index in [0.29, 0.717) is 6.16 Å². The first-order valence-corrected chi connectivity index (χ1v) is 9.32. The van der Waals surface area contributed by atoms with Crippen LogP contribution in [0.5, 0.6) is 11.5 Å². The Morgan fingerprint density at radius 1 is 0.800 bits per heavy atom. The van der Waals surface area contributed by atoms with Gasteiger partial charge in [0, 0.05) is 0 Å². The van der Waals surface area contributed by atoms with Crippen LogP contribution in [0.15, 0.2) is 48.5 Å². The van der Waals surface area contributed by atoms with Crippen molar-refractivity contribution in [3.05, 3.63) is 59.7 Å². The van der Waals surface area contributed by atoms with Crippen molar-refractivity contribution in [2.24, 2.45) is 0 Å². The third-order valence-corrected chi connectivity index (χ3v) is 5.76. The Bertz CT molecular complexity index is 504.